The predicted octanol–water partition coefficient (Wildman–Crippen LogP) is 4.06. The van der Waals surface area contributed by atoms with E-state index in [9.17, 15) is 4.79 Å². The van der Waals surface area contributed by atoms with Crippen LogP contribution in [0.4, 0.5) is 0 Å². The third-order valence-electron chi connectivity index (χ3n) is 4.23. The van der Waals surface area contributed by atoms with Crippen molar-refractivity contribution in [2.45, 2.75) is 58.9 Å². The van der Waals surface area contributed by atoms with Crippen LogP contribution in [-0.2, 0) is 4.79 Å². The normalized spacial score (nSPS) is 18.1. The van der Waals surface area contributed by atoms with Crippen molar-refractivity contribution in [1.29, 1.82) is 0 Å². The van der Waals surface area contributed by atoms with Gasteiger partial charge in [-0.2, -0.15) is 0 Å². The molecule has 1 saturated carbocycles. The van der Waals surface area contributed by atoms with Crippen LogP contribution in [0.2, 0.25) is 0 Å². The first-order valence-electron chi connectivity index (χ1n) is 7.45. The Labute approximate surface area is 116 Å². The van der Waals surface area contributed by atoms with E-state index in [2.05, 4.69) is 44.3 Å². The molecule has 1 atom stereocenters. The second-order valence-corrected chi connectivity index (χ2v) is 5.93. The van der Waals surface area contributed by atoms with Crippen molar-refractivity contribution < 1.29 is 4.79 Å². The summed E-state index contributed by atoms with van der Waals surface area (Å²) in [6, 6.07) is 6.54. The molecule has 0 saturated heterocycles. The summed E-state index contributed by atoms with van der Waals surface area (Å²) in [5, 5.41) is 3.19. The minimum atomic E-state index is 0.107. The maximum atomic E-state index is 12.2. The van der Waals surface area contributed by atoms with Crippen LogP contribution in [0.15, 0.2) is 18.2 Å². The lowest BCUT2D eigenvalue weighted by molar-refractivity contribution is -0.126. The molecule has 2 rings (SSSR count). The third kappa shape index (κ3) is 3.59. The molecule has 1 aromatic carbocycles. The lowest BCUT2D eigenvalue weighted by atomic mass is 9.88. The molecule has 0 heterocycles. The third-order valence-corrected chi connectivity index (χ3v) is 4.23. The summed E-state index contributed by atoms with van der Waals surface area (Å²) in [6.07, 6.45) is 5.82. The van der Waals surface area contributed by atoms with Crippen molar-refractivity contribution in [2.24, 2.45) is 5.92 Å². The minimum Gasteiger partial charge on any atom is -0.349 e. The van der Waals surface area contributed by atoms with Gasteiger partial charge in [0.25, 0.3) is 0 Å². The van der Waals surface area contributed by atoms with Crippen molar-refractivity contribution in [3.63, 3.8) is 0 Å². The molecule has 0 spiro atoms. The van der Waals surface area contributed by atoms with Crippen LogP contribution in [-0.4, -0.2) is 5.91 Å². The predicted molar refractivity (Wildman–Crippen MR) is 79.0 cm³/mol. The first-order valence-corrected chi connectivity index (χ1v) is 7.45. The number of nitrogens with one attached hydrogen (secondary N) is 1. The standard InChI is InChI=1S/C17H25NO/c1-12-9-10-16(13(2)11-12)14(3)18-17(19)15-7-5-4-6-8-15/h9-11,14-15H,4-8H2,1-3H3,(H,18,19)/t14-/m1/s1. The van der Waals surface area contributed by atoms with E-state index in [-0.39, 0.29) is 17.9 Å². The molecule has 0 unspecified atom stereocenters. The SMILES string of the molecule is Cc1ccc([C@@H](C)NC(=O)C2CCCCC2)c(C)c1. The van der Waals surface area contributed by atoms with Crippen LogP contribution in [0.1, 0.15) is 61.8 Å². The second-order valence-electron chi connectivity index (χ2n) is 5.93. The van der Waals surface area contributed by atoms with Crippen LogP contribution in [0.3, 0.4) is 0 Å². The number of aryl methyl sites for hydroxylation is 2. The summed E-state index contributed by atoms with van der Waals surface area (Å²) < 4.78 is 0. The van der Waals surface area contributed by atoms with Crippen molar-refractivity contribution in [2.75, 3.05) is 0 Å². The smallest absolute Gasteiger partial charge is 0.223 e. The van der Waals surface area contributed by atoms with Crippen LogP contribution >= 0.6 is 0 Å². The summed E-state index contributed by atoms with van der Waals surface area (Å²) >= 11 is 0. The Hall–Kier alpha value is -1.31. The van der Waals surface area contributed by atoms with Gasteiger partial charge >= 0.3 is 0 Å². The Morgan fingerprint density at radius 2 is 1.89 bits per heavy atom. The van der Waals surface area contributed by atoms with E-state index in [4.69, 9.17) is 0 Å². The molecule has 1 amide bonds. The molecular formula is C17H25NO. The number of rotatable bonds is 3. The fraction of sp³-hybridized carbons (Fsp3) is 0.588. The molecule has 1 aromatic rings. The van der Waals surface area contributed by atoms with Crippen molar-refractivity contribution in [3.05, 3.63) is 34.9 Å². The summed E-state index contributed by atoms with van der Waals surface area (Å²) in [4.78, 5) is 12.2. The average Bonchev–Trinajstić information content (AvgIpc) is 2.39. The Balaban J connectivity index is 1.99. The maximum Gasteiger partial charge on any atom is 0.223 e. The molecule has 1 N–H and O–H groups in total. The maximum absolute atomic E-state index is 12.2. The van der Waals surface area contributed by atoms with Crippen LogP contribution in [0, 0.1) is 19.8 Å². The van der Waals surface area contributed by atoms with Gasteiger partial charge in [0, 0.05) is 5.92 Å². The Morgan fingerprint density at radius 1 is 1.21 bits per heavy atom. The number of hydrogen-bond acceptors (Lipinski definition) is 1. The monoisotopic (exact) mass is 259 g/mol. The number of benzene rings is 1. The van der Waals surface area contributed by atoms with Gasteiger partial charge in [0.15, 0.2) is 0 Å². The zero-order valence-electron chi connectivity index (χ0n) is 12.3. The first kappa shape index (κ1) is 14.1. The van der Waals surface area contributed by atoms with Gasteiger partial charge in [0.1, 0.15) is 0 Å². The molecule has 0 aromatic heterocycles. The van der Waals surface area contributed by atoms with Crippen LogP contribution in [0.5, 0.6) is 0 Å². The number of carbonyl (C=O) groups is 1. The number of carbonyl (C=O) groups excluding carboxylic acids is 1. The topological polar surface area (TPSA) is 29.1 Å². The lowest BCUT2D eigenvalue weighted by Crippen LogP contribution is -2.34. The van der Waals surface area contributed by atoms with Crippen LogP contribution in [0.25, 0.3) is 0 Å². The van der Waals surface area contributed by atoms with Gasteiger partial charge in [0.2, 0.25) is 5.91 Å². The van der Waals surface area contributed by atoms with Gasteiger partial charge in [-0.1, -0.05) is 43.0 Å². The van der Waals surface area contributed by atoms with Crippen molar-refractivity contribution in [3.8, 4) is 0 Å². The van der Waals surface area contributed by atoms with E-state index in [0.717, 1.165) is 12.8 Å². The first-order chi connectivity index (χ1) is 9.08. The van der Waals surface area contributed by atoms with E-state index in [1.807, 2.05) is 0 Å². The highest BCUT2D eigenvalue weighted by molar-refractivity contribution is 5.79. The van der Waals surface area contributed by atoms with E-state index in [0.29, 0.717) is 0 Å². The molecule has 0 bridgehead atoms. The highest BCUT2D eigenvalue weighted by atomic mass is 16.1. The molecule has 0 aliphatic heterocycles. The van der Waals surface area contributed by atoms with Crippen molar-refractivity contribution >= 4 is 5.91 Å². The second kappa shape index (κ2) is 6.23. The molecule has 19 heavy (non-hydrogen) atoms. The number of amides is 1. The largest absolute Gasteiger partial charge is 0.349 e. The minimum absolute atomic E-state index is 0.107. The number of hydrogen-bond donors (Lipinski definition) is 1. The van der Waals surface area contributed by atoms with Gasteiger partial charge in [-0.3, -0.25) is 4.79 Å². The highest BCUT2D eigenvalue weighted by Crippen LogP contribution is 2.25. The highest BCUT2D eigenvalue weighted by Gasteiger charge is 2.22. The fourth-order valence-corrected chi connectivity index (χ4v) is 3.09. The zero-order chi connectivity index (χ0) is 13.8. The molecule has 2 nitrogen and oxygen atoms in total. The molecular weight excluding hydrogens is 234 g/mol. The summed E-state index contributed by atoms with van der Waals surface area (Å²) in [6.45, 7) is 6.30. The van der Waals surface area contributed by atoms with E-state index in [1.165, 1.54) is 36.0 Å². The van der Waals surface area contributed by atoms with E-state index in [1.54, 1.807) is 0 Å². The van der Waals surface area contributed by atoms with Gasteiger partial charge < -0.3 is 5.32 Å². The Kier molecular flexibility index (Phi) is 4.62. The Bertz CT molecular complexity index is 447. The molecule has 2 heteroatoms. The van der Waals surface area contributed by atoms with Crippen LogP contribution < -0.4 is 5.32 Å². The van der Waals surface area contributed by atoms with Gasteiger partial charge in [-0.25, -0.2) is 0 Å². The Morgan fingerprint density at radius 3 is 2.53 bits per heavy atom. The quantitative estimate of drug-likeness (QED) is 0.871. The fourth-order valence-electron chi connectivity index (χ4n) is 3.09. The van der Waals surface area contributed by atoms with Gasteiger partial charge in [-0.15, -0.1) is 0 Å². The molecule has 1 fully saturated rings. The average molecular weight is 259 g/mol. The van der Waals surface area contributed by atoms with Gasteiger partial charge in [-0.05, 0) is 44.7 Å². The summed E-state index contributed by atoms with van der Waals surface area (Å²) in [5.74, 6) is 0.481. The molecule has 1 aliphatic rings. The lowest BCUT2D eigenvalue weighted by Gasteiger charge is -2.24. The zero-order valence-corrected chi connectivity index (χ0v) is 12.3. The van der Waals surface area contributed by atoms with E-state index >= 15 is 0 Å². The van der Waals surface area contributed by atoms with Gasteiger partial charge in [0.05, 0.1) is 6.04 Å². The van der Waals surface area contributed by atoms with Crippen molar-refractivity contribution in [1.82, 2.24) is 5.32 Å². The molecule has 0 radical (unpaired) electrons. The summed E-state index contributed by atoms with van der Waals surface area (Å²) in [7, 11) is 0. The summed E-state index contributed by atoms with van der Waals surface area (Å²) in [5.41, 5.74) is 3.76. The molecule has 1 aliphatic carbocycles. The van der Waals surface area contributed by atoms with E-state index < -0.39 is 0 Å². The molecule has 104 valence electrons.